The molecule has 0 aromatic heterocycles. The standard InChI is InChI=1S/C34H53NO7/c1-19(36)40-28(31(4,5)38)24-9-7-22-25(41-24)15-23-21-8-10-26-30(2,3)27(42-29(37)35-20-16-39-17-20)11-12-34(26)18-33(21,34)14-13-32(22,23)6/h20-28,38H,7-18H2,1-6H3,(H,35,37)/t21?,22?,23?,24?,25?,26?,27-,28-,32+,33-,34?/m0/s1. The van der Waals surface area contributed by atoms with Crippen LogP contribution in [-0.2, 0) is 23.7 Å². The van der Waals surface area contributed by atoms with E-state index in [0.717, 1.165) is 31.6 Å². The Hall–Kier alpha value is -1.38. The molecule has 0 aromatic rings. The number of ether oxygens (including phenoxy) is 4. The van der Waals surface area contributed by atoms with Crippen LogP contribution in [0.2, 0.25) is 0 Å². The lowest BCUT2D eigenvalue weighted by Crippen LogP contribution is -2.56. The van der Waals surface area contributed by atoms with Crippen LogP contribution in [0.5, 0.6) is 0 Å². The fraction of sp³-hybridized carbons (Fsp3) is 0.941. The van der Waals surface area contributed by atoms with Crippen molar-refractivity contribution in [1.29, 1.82) is 0 Å². The first-order chi connectivity index (χ1) is 19.7. The van der Waals surface area contributed by atoms with Crippen LogP contribution < -0.4 is 5.32 Å². The van der Waals surface area contributed by atoms with Crippen molar-refractivity contribution in [1.82, 2.24) is 5.32 Å². The van der Waals surface area contributed by atoms with E-state index >= 15 is 0 Å². The van der Waals surface area contributed by atoms with E-state index in [0.29, 0.717) is 41.8 Å². The number of amides is 1. The summed E-state index contributed by atoms with van der Waals surface area (Å²) < 4.78 is 23.8. The normalized spacial score (nSPS) is 47.7. The van der Waals surface area contributed by atoms with Crippen molar-refractivity contribution in [2.75, 3.05) is 13.2 Å². The highest BCUT2D eigenvalue weighted by Gasteiger charge is 2.81. The number of carbonyl (C=O) groups excluding carboxylic acids is 2. The highest BCUT2D eigenvalue weighted by Crippen LogP contribution is 2.87. The number of esters is 1. The summed E-state index contributed by atoms with van der Waals surface area (Å²) in [4.78, 5) is 24.6. The van der Waals surface area contributed by atoms with Gasteiger partial charge >= 0.3 is 12.1 Å². The number of aliphatic hydroxyl groups is 1. The molecule has 2 heterocycles. The van der Waals surface area contributed by atoms with Gasteiger partial charge in [-0.05, 0) is 118 Å². The van der Waals surface area contributed by atoms with Crippen LogP contribution in [0.4, 0.5) is 4.79 Å². The van der Waals surface area contributed by atoms with E-state index in [2.05, 4.69) is 26.1 Å². The third-order valence-corrected chi connectivity index (χ3v) is 14.1. The molecule has 8 nitrogen and oxygen atoms in total. The lowest BCUT2D eigenvalue weighted by Gasteiger charge is -2.59. The number of carbonyl (C=O) groups is 2. The quantitative estimate of drug-likeness (QED) is 0.416. The van der Waals surface area contributed by atoms with Gasteiger partial charge in [-0.2, -0.15) is 0 Å². The molecule has 0 bridgehead atoms. The Morgan fingerprint density at radius 1 is 0.952 bits per heavy atom. The molecule has 1 amide bonds. The molecular formula is C34H53NO7. The van der Waals surface area contributed by atoms with E-state index in [1.165, 1.54) is 45.4 Å². The summed E-state index contributed by atoms with van der Waals surface area (Å²) in [6.45, 7) is 13.3. The Balaban J connectivity index is 1.07. The van der Waals surface area contributed by atoms with Crippen LogP contribution in [0, 0.1) is 45.3 Å². The Morgan fingerprint density at radius 3 is 2.36 bits per heavy atom. The number of alkyl carbamates (subject to hydrolysis) is 1. The molecule has 42 heavy (non-hydrogen) atoms. The molecule has 5 saturated carbocycles. The average molecular weight is 588 g/mol. The van der Waals surface area contributed by atoms with Crippen LogP contribution in [-0.4, -0.2) is 66.4 Å². The second kappa shape index (κ2) is 9.56. The van der Waals surface area contributed by atoms with Gasteiger partial charge in [-0.15, -0.1) is 0 Å². The topological polar surface area (TPSA) is 103 Å². The van der Waals surface area contributed by atoms with Crippen molar-refractivity contribution >= 4 is 12.1 Å². The first kappa shape index (κ1) is 29.3. The third-order valence-electron chi connectivity index (χ3n) is 14.1. The van der Waals surface area contributed by atoms with Crippen molar-refractivity contribution in [2.24, 2.45) is 45.3 Å². The molecule has 2 N–H and O–H groups in total. The minimum absolute atomic E-state index is 0.0380. The minimum Gasteiger partial charge on any atom is -0.457 e. The first-order valence-electron chi connectivity index (χ1n) is 16.8. The van der Waals surface area contributed by atoms with Gasteiger partial charge < -0.3 is 29.4 Å². The monoisotopic (exact) mass is 587 g/mol. The minimum atomic E-state index is -1.15. The molecule has 7 rings (SSSR count). The third kappa shape index (κ3) is 4.16. The summed E-state index contributed by atoms with van der Waals surface area (Å²) in [7, 11) is 0. The average Bonchev–Trinajstić information content (AvgIpc) is 3.46. The van der Waals surface area contributed by atoms with Crippen molar-refractivity contribution in [3.63, 3.8) is 0 Å². The summed E-state index contributed by atoms with van der Waals surface area (Å²) in [5, 5.41) is 13.8. The molecule has 5 aliphatic carbocycles. The predicted octanol–water partition coefficient (Wildman–Crippen LogP) is 5.39. The maximum absolute atomic E-state index is 12.7. The number of rotatable bonds is 5. The lowest BCUT2D eigenvalue weighted by molar-refractivity contribution is -0.200. The zero-order chi connectivity index (χ0) is 29.9. The summed E-state index contributed by atoms with van der Waals surface area (Å²) in [6.07, 6.45) is 10.5. The highest BCUT2D eigenvalue weighted by atomic mass is 16.6. The summed E-state index contributed by atoms with van der Waals surface area (Å²) in [5.41, 5.74) is -0.0921. The Morgan fingerprint density at radius 2 is 1.69 bits per heavy atom. The van der Waals surface area contributed by atoms with Crippen molar-refractivity contribution < 1.29 is 33.6 Å². The van der Waals surface area contributed by atoms with Crippen molar-refractivity contribution in [2.45, 2.75) is 142 Å². The van der Waals surface area contributed by atoms with Crippen LogP contribution in [0.25, 0.3) is 0 Å². The van der Waals surface area contributed by atoms with Gasteiger partial charge in [-0.25, -0.2) is 4.79 Å². The van der Waals surface area contributed by atoms with E-state index < -0.39 is 11.7 Å². The maximum atomic E-state index is 12.7. The molecule has 2 aliphatic heterocycles. The molecule has 2 spiro atoms. The fourth-order valence-electron chi connectivity index (χ4n) is 12.2. The fourth-order valence-corrected chi connectivity index (χ4v) is 12.2. The summed E-state index contributed by atoms with van der Waals surface area (Å²) in [5.74, 6) is 2.14. The van der Waals surface area contributed by atoms with Crippen molar-refractivity contribution in [3.8, 4) is 0 Å². The van der Waals surface area contributed by atoms with Crippen LogP contribution in [0.3, 0.4) is 0 Å². The zero-order valence-electron chi connectivity index (χ0n) is 26.6. The largest absolute Gasteiger partial charge is 0.457 e. The maximum Gasteiger partial charge on any atom is 0.407 e. The molecule has 11 atom stereocenters. The lowest BCUT2D eigenvalue weighted by atomic mass is 9.46. The molecule has 7 aliphatic rings. The van der Waals surface area contributed by atoms with Crippen LogP contribution >= 0.6 is 0 Å². The van der Waals surface area contributed by atoms with Crippen LogP contribution in [0.1, 0.15) is 106 Å². The van der Waals surface area contributed by atoms with E-state index in [1.54, 1.807) is 13.8 Å². The van der Waals surface area contributed by atoms with Gasteiger partial charge in [0.1, 0.15) is 6.10 Å². The predicted molar refractivity (Wildman–Crippen MR) is 155 cm³/mol. The smallest absolute Gasteiger partial charge is 0.407 e. The second-order valence-corrected chi connectivity index (χ2v) is 16.8. The van der Waals surface area contributed by atoms with E-state index in [-0.39, 0.29) is 47.2 Å². The second-order valence-electron chi connectivity index (χ2n) is 16.8. The molecule has 7 unspecified atom stereocenters. The number of hydrogen-bond donors (Lipinski definition) is 2. The van der Waals surface area contributed by atoms with Gasteiger partial charge in [-0.1, -0.05) is 20.8 Å². The molecular weight excluding hydrogens is 534 g/mol. The molecule has 2 saturated heterocycles. The molecule has 236 valence electrons. The van der Waals surface area contributed by atoms with E-state index in [4.69, 9.17) is 18.9 Å². The van der Waals surface area contributed by atoms with Gasteiger partial charge in [0, 0.05) is 12.3 Å². The SMILES string of the molecule is CC(=O)O[C@@H](C1CCC2C(CC3C4CCC5C(C)(C)[C@@H](OC(=O)NC6COC6)CCC56C[C@@]46CC[C@]23C)O1)C(C)(C)O. The Kier molecular flexibility index (Phi) is 6.68. The number of fused-ring (bicyclic) bond motifs is 4. The number of hydrogen-bond acceptors (Lipinski definition) is 7. The van der Waals surface area contributed by atoms with E-state index in [9.17, 15) is 14.7 Å². The van der Waals surface area contributed by atoms with Gasteiger partial charge in [-0.3, -0.25) is 4.79 Å². The molecule has 0 aromatic carbocycles. The molecule has 0 radical (unpaired) electrons. The summed E-state index contributed by atoms with van der Waals surface area (Å²) in [6, 6.07) is 0.0891. The number of nitrogens with one attached hydrogen (secondary N) is 1. The Labute approximate surface area is 251 Å². The highest BCUT2D eigenvalue weighted by molar-refractivity contribution is 5.68. The first-order valence-corrected chi connectivity index (χ1v) is 16.8. The van der Waals surface area contributed by atoms with E-state index in [1.807, 2.05) is 0 Å². The zero-order valence-corrected chi connectivity index (χ0v) is 26.6. The van der Waals surface area contributed by atoms with Crippen LogP contribution in [0.15, 0.2) is 0 Å². The van der Waals surface area contributed by atoms with Gasteiger partial charge in [0.25, 0.3) is 0 Å². The van der Waals surface area contributed by atoms with Gasteiger partial charge in [0.05, 0.1) is 37.1 Å². The molecule has 8 heteroatoms. The van der Waals surface area contributed by atoms with Crippen molar-refractivity contribution in [3.05, 3.63) is 0 Å². The van der Waals surface area contributed by atoms with Gasteiger partial charge in [0.15, 0.2) is 6.10 Å². The molecule has 7 fully saturated rings. The van der Waals surface area contributed by atoms with Gasteiger partial charge in [0.2, 0.25) is 0 Å². The Bertz CT molecular complexity index is 1110. The summed E-state index contributed by atoms with van der Waals surface area (Å²) >= 11 is 0.